The highest BCUT2D eigenvalue weighted by molar-refractivity contribution is 5.86. The molecule has 0 spiro atoms. The van der Waals surface area contributed by atoms with Crippen molar-refractivity contribution in [2.24, 2.45) is 0 Å². The summed E-state index contributed by atoms with van der Waals surface area (Å²) in [6.07, 6.45) is 0. The Hall–Kier alpha value is -4.84. The van der Waals surface area contributed by atoms with Gasteiger partial charge in [0.15, 0.2) is 13.5 Å². The monoisotopic (exact) mass is 502 g/mol. The second-order valence-electron chi connectivity index (χ2n) is 9.75. The molecule has 1 unspecified atom stereocenters. The normalized spacial score (nSPS) is 16.4. The van der Waals surface area contributed by atoms with Gasteiger partial charge in [0.2, 0.25) is 0 Å². The van der Waals surface area contributed by atoms with Gasteiger partial charge in [0, 0.05) is 29.0 Å². The highest BCUT2D eigenvalue weighted by atomic mass is 16.5. The molecule has 6 nitrogen and oxygen atoms in total. The van der Waals surface area contributed by atoms with Crippen molar-refractivity contribution < 1.29 is 19.7 Å². The summed E-state index contributed by atoms with van der Waals surface area (Å²) in [5, 5.41) is 21.9. The summed E-state index contributed by atoms with van der Waals surface area (Å²) in [6, 6.07) is 33.5. The lowest BCUT2D eigenvalue weighted by Gasteiger charge is -2.40. The molecule has 7 rings (SSSR count). The zero-order chi connectivity index (χ0) is 25.6. The van der Waals surface area contributed by atoms with Crippen LogP contribution in [-0.2, 0) is 6.54 Å². The van der Waals surface area contributed by atoms with Crippen molar-refractivity contribution in [2.45, 2.75) is 12.6 Å². The quantitative estimate of drug-likeness (QED) is 0.292. The van der Waals surface area contributed by atoms with E-state index in [1.807, 2.05) is 30.3 Å². The summed E-state index contributed by atoms with van der Waals surface area (Å²) in [4.78, 5) is 4.37. The van der Waals surface area contributed by atoms with Crippen molar-refractivity contribution in [3.63, 3.8) is 0 Å². The molecule has 6 heteroatoms. The predicted octanol–water partition coefficient (Wildman–Crippen LogP) is 6.55. The van der Waals surface area contributed by atoms with Crippen LogP contribution in [0.5, 0.6) is 23.0 Å². The molecule has 0 saturated carbocycles. The molecular formula is C32H26N2O4. The molecule has 0 amide bonds. The molecule has 0 aliphatic carbocycles. The highest BCUT2D eigenvalue weighted by Crippen LogP contribution is 2.44. The highest BCUT2D eigenvalue weighted by Gasteiger charge is 2.32. The minimum Gasteiger partial charge on any atom is -0.508 e. The van der Waals surface area contributed by atoms with E-state index in [0.29, 0.717) is 20.0 Å². The fourth-order valence-corrected chi connectivity index (χ4v) is 5.45. The van der Waals surface area contributed by atoms with Crippen molar-refractivity contribution >= 4 is 22.1 Å². The van der Waals surface area contributed by atoms with E-state index in [4.69, 9.17) is 9.47 Å². The van der Waals surface area contributed by atoms with Crippen molar-refractivity contribution in [1.82, 2.24) is 0 Å². The number of anilines is 2. The van der Waals surface area contributed by atoms with E-state index in [1.54, 1.807) is 24.3 Å². The largest absolute Gasteiger partial charge is 0.508 e. The number of benzene rings is 5. The zero-order valence-electron chi connectivity index (χ0n) is 20.6. The lowest BCUT2D eigenvalue weighted by Crippen LogP contribution is -2.37. The fourth-order valence-electron chi connectivity index (χ4n) is 5.45. The Morgan fingerprint density at radius 2 is 1.29 bits per heavy atom. The standard InChI is InChI=1S/C32H26N2O4/c35-27-10-6-25(7-11-27)33-18-24-15-23(5-14-30(24)37-19-33)32-29-16-21-3-1-2-4-22(21)17-31(29)38-20-34(32)26-8-12-28(36)13-9-26/h1-17,32,35-36H,18-20H2. The second kappa shape index (κ2) is 8.92. The lowest BCUT2D eigenvalue weighted by atomic mass is 9.91. The summed E-state index contributed by atoms with van der Waals surface area (Å²) in [7, 11) is 0. The van der Waals surface area contributed by atoms with Gasteiger partial charge in [0.1, 0.15) is 23.0 Å². The van der Waals surface area contributed by atoms with Crippen molar-refractivity contribution in [3.05, 3.63) is 120 Å². The Morgan fingerprint density at radius 3 is 2.03 bits per heavy atom. The zero-order valence-corrected chi connectivity index (χ0v) is 20.6. The average Bonchev–Trinajstić information content (AvgIpc) is 2.96. The number of fused-ring (bicyclic) bond motifs is 3. The Labute approximate surface area is 220 Å². The van der Waals surface area contributed by atoms with Crippen LogP contribution >= 0.6 is 0 Å². The first kappa shape index (κ1) is 22.4. The van der Waals surface area contributed by atoms with Gasteiger partial charge in [-0.05, 0) is 89.1 Å². The summed E-state index contributed by atoms with van der Waals surface area (Å²) in [6.45, 7) is 1.53. The second-order valence-corrected chi connectivity index (χ2v) is 9.75. The molecule has 188 valence electrons. The minimum absolute atomic E-state index is 0.0951. The molecule has 2 N–H and O–H groups in total. The molecule has 0 bridgehead atoms. The first-order valence-electron chi connectivity index (χ1n) is 12.6. The maximum Gasteiger partial charge on any atom is 0.162 e. The fraction of sp³-hybridized carbons (Fsp3) is 0.125. The number of rotatable bonds is 3. The van der Waals surface area contributed by atoms with E-state index in [2.05, 4.69) is 58.3 Å². The predicted molar refractivity (Wildman–Crippen MR) is 148 cm³/mol. The van der Waals surface area contributed by atoms with Gasteiger partial charge in [-0.15, -0.1) is 0 Å². The van der Waals surface area contributed by atoms with E-state index in [-0.39, 0.29) is 17.5 Å². The molecular weight excluding hydrogens is 476 g/mol. The molecule has 38 heavy (non-hydrogen) atoms. The number of ether oxygens (including phenoxy) is 2. The summed E-state index contributed by atoms with van der Waals surface area (Å²) >= 11 is 0. The molecule has 0 fully saturated rings. The van der Waals surface area contributed by atoms with Crippen LogP contribution in [0.25, 0.3) is 10.8 Å². The van der Waals surface area contributed by atoms with E-state index in [1.165, 1.54) is 0 Å². The third-order valence-electron chi connectivity index (χ3n) is 7.38. The molecule has 2 heterocycles. The number of hydrogen-bond acceptors (Lipinski definition) is 6. The van der Waals surface area contributed by atoms with Crippen LogP contribution in [0, 0.1) is 0 Å². The number of hydrogen-bond donors (Lipinski definition) is 2. The topological polar surface area (TPSA) is 65.4 Å². The van der Waals surface area contributed by atoms with Crippen LogP contribution < -0.4 is 19.3 Å². The molecule has 5 aromatic rings. The van der Waals surface area contributed by atoms with Crippen LogP contribution in [0.1, 0.15) is 22.7 Å². The Balaban J connectivity index is 1.33. The third-order valence-corrected chi connectivity index (χ3v) is 7.38. The Bertz CT molecular complexity index is 1630. The molecule has 5 aromatic carbocycles. The van der Waals surface area contributed by atoms with Crippen molar-refractivity contribution in [3.8, 4) is 23.0 Å². The number of phenols is 2. The Kier molecular flexibility index (Phi) is 5.25. The van der Waals surface area contributed by atoms with Crippen LogP contribution in [0.4, 0.5) is 11.4 Å². The maximum atomic E-state index is 9.90. The lowest BCUT2D eigenvalue weighted by molar-refractivity contribution is 0.277. The number of nitrogens with zero attached hydrogens (tertiary/aromatic N) is 2. The molecule has 0 aromatic heterocycles. The Morgan fingerprint density at radius 1 is 0.632 bits per heavy atom. The SMILES string of the molecule is Oc1ccc(N2COc3ccc(C4c5cc6ccccc6cc5OCN4c4ccc(O)cc4)cc3C2)cc1. The van der Waals surface area contributed by atoms with Gasteiger partial charge >= 0.3 is 0 Å². The van der Waals surface area contributed by atoms with E-state index in [9.17, 15) is 10.2 Å². The molecule has 0 saturated heterocycles. The van der Waals surface area contributed by atoms with Crippen LogP contribution in [0.15, 0.2) is 103 Å². The van der Waals surface area contributed by atoms with Gasteiger partial charge in [0.05, 0.1) is 6.04 Å². The van der Waals surface area contributed by atoms with Crippen LogP contribution in [0.2, 0.25) is 0 Å². The van der Waals surface area contributed by atoms with Gasteiger partial charge in [-0.25, -0.2) is 0 Å². The summed E-state index contributed by atoms with van der Waals surface area (Å²) < 4.78 is 12.4. The summed E-state index contributed by atoms with van der Waals surface area (Å²) in [5.74, 6) is 2.23. The van der Waals surface area contributed by atoms with Crippen molar-refractivity contribution in [2.75, 3.05) is 23.3 Å². The first-order valence-corrected chi connectivity index (χ1v) is 12.6. The van der Waals surface area contributed by atoms with Crippen molar-refractivity contribution in [1.29, 1.82) is 0 Å². The number of aromatic hydroxyl groups is 2. The average molecular weight is 503 g/mol. The minimum atomic E-state index is -0.0951. The van der Waals surface area contributed by atoms with Crippen LogP contribution in [0.3, 0.4) is 0 Å². The summed E-state index contributed by atoms with van der Waals surface area (Å²) in [5.41, 5.74) is 5.28. The smallest absolute Gasteiger partial charge is 0.162 e. The van der Waals surface area contributed by atoms with Gasteiger partial charge in [-0.2, -0.15) is 0 Å². The van der Waals surface area contributed by atoms with Gasteiger partial charge in [-0.1, -0.05) is 30.3 Å². The first-order chi connectivity index (χ1) is 18.6. The van der Waals surface area contributed by atoms with Gasteiger partial charge in [0.25, 0.3) is 0 Å². The van der Waals surface area contributed by atoms with E-state index < -0.39 is 0 Å². The molecule has 2 aliphatic rings. The van der Waals surface area contributed by atoms with E-state index >= 15 is 0 Å². The number of phenolic OH excluding ortho intramolecular Hbond substituents is 2. The van der Waals surface area contributed by atoms with Gasteiger partial charge < -0.3 is 29.5 Å². The molecule has 0 radical (unpaired) electrons. The third kappa shape index (κ3) is 3.91. The van der Waals surface area contributed by atoms with Crippen LogP contribution in [-0.4, -0.2) is 23.7 Å². The molecule has 1 atom stereocenters. The maximum absolute atomic E-state index is 9.90. The van der Waals surface area contributed by atoms with Gasteiger partial charge in [-0.3, -0.25) is 0 Å². The molecule has 2 aliphatic heterocycles. The van der Waals surface area contributed by atoms with E-state index in [0.717, 1.165) is 50.3 Å².